The molecule has 0 aliphatic heterocycles. The number of carbonyl (C=O) groups is 2. The lowest BCUT2D eigenvalue weighted by Gasteiger charge is -2.18. The number of hydrogen-bond acceptors (Lipinski definition) is 6. The number of unbranched alkanes of at least 4 members (excludes halogenated alkanes) is 7. The van der Waals surface area contributed by atoms with Crippen molar-refractivity contribution in [1.29, 1.82) is 0 Å². The van der Waals surface area contributed by atoms with E-state index < -0.39 is 32.5 Å². The number of ether oxygens (including phenoxy) is 2. The zero-order chi connectivity index (χ0) is 21.3. The number of allylic oxidation sites excluding steroid dienone is 2. The summed E-state index contributed by atoms with van der Waals surface area (Å²) in [5.74, 6) is -1.09. The Morgan fingerprint density at radius 2 is 1.57 bits per heavy atom. The molecule has 0 spiro atoms. The molecule has 2 N–H and O–H groups in total. The number of esters is 2. The highest BCUT2D eigenvalue weighted by Crippen LogP contribution is 2.35. The van der Waals surface area contributed by atoms with Crippen molar-refractivity contribution in [3.63, 3.8) is 0 Å². The Morgan fingerprint density at radius 1 is 0.964 bits per heavy atom. The molecule has 0 fully saturated rings. The van der Waals surface area contributed by atoms with Gasteiger partial charge in [0.25, 0.3) is 0 Å². The number of hydrogen-bond donors (Lipinski definition) is 2. The van der Waals surface area contributed by atoms with Crippen LogP contribution in [0.2, 0.25) is 0 Å². The minimum absolute atomic E-state index is 0.198. The first-order chi connectivity index (χ1) is 13.2. The Kier molecular flexibility index (Phi) is 16.0. The minimum atomic E-state index is -4.69. The predicted molar refractivity (Wildman–Crippen MR) is 105 cm³/mol. The molecule has 0 aliphatic carbocycles. The van der Waals surface area contributed by atoms with Gasteiger partial charge in [0.05, 0.1) is 6.61 Å². The van der Waals surface area contributed by atoms with Crippen LogP contribution in [0.3, 0.4) is 0 Å². The standard InChI is InChI=1S/C19H35O8P/c1-3-4-5-6-7-8-9-10-11-12-13-14-19(21)27-18(15-25-17(2)20)16-26-28(22,23)24/h6-7,18H,3-5,8-16H2,1-2H3,(H2,22,23,24)/b7-6-. The van der Waals surface area contributed by atoms with E-state index in [1.165, 1.54) is 19.8 Å². The molecule has 28 heavy (non-hydrogen) atoms. The lowest BCUT2D eigenvalue weighted by Crippen LogP contribution is -2.29. The van der Waals surface area contributed by atoms with Crippen molar-refractivity contribution in [1.82, 2.24) is 0 Å². The molecule has 0 aliphatic rings. The van der Waals surface area contributed by atoms with Crippen LogP contribution in [0.1, 0.15) is 78.1 Å². The van der Waals surface area contributed by atoms with Gasteiger partial charge < -0.3 is 19.3 Å². The van der Waals surface area contributed by atoms with E-state index in [4.69, 9.17) is 19.3 Å². The highest BCUT2D eigenvalue weighted by atomic mass is 31.2. The predicted octanol–water partition coefficient (Wildman–Crippen LogP) is 4.05. The number of rotatable bonds is 17. The molecule has 8 nitrogen and oxygen atoms in total. The summed E-state index contributed by atoms with van der Waals surface area (Å²) in [5.41, 5.74) is 0. The van der Waals surface area contributed by atoms with Crippen molar-refractivity contribution >= 4 is 19.8 Å². The van der Waals surface area contributed by atoms with Gasteiger partial charge in [0.1, 0.15) is 6.61 Å². The Balaban J connectivity index is 3.90. The van der Waals surface area contributed by atoms with Crippen molar-refractivity contribution in [3.05, 3.63) is 12.2 Å². The highest BCUT2D eigenvalue weighted by molar-refractivity contribution is 7.46. The first kappa shape index (κ1) is 26.8. The van der Waals surface area contributed by atoms with Crippen molar-refractivity contribution in [3.8, 4) is 0 Å². The molecule has 1 atom stereocenters. The summed E-state index contributed by atoms with van der Waals surface area (Å²) in [6.07, 6.45) is 13.2. The van der Waals surface area contributed by atoms with Crippen LogP contribution in [0, 0.1) is 0 Å². The summed E-state index contributed by atoms with van der Waals surface area (Å²) in [6.45, 7) is 2.51. The van der Waals surface area contributed by atoms with E-state index in [0.29, 0.717) is 6.42 Å². The number of carbonyl (C=O) groups excluding carboxylic acids is 2. The van der Waals surface area contributed by atoms with E-state index in [2.05, 4.69) is 23.6 Å². The van der Waals surface area contributed by atoms with E-state index in [1.807, 2.05) is 0 Å². The van der Waals surface area contributed by atoms with Gasteiger partial charge in [-0.1, -0.05) is 51.2 Å². The topological polar surface area (TPSA) is 119 Å². The van der Waals surface area contributed by atoms with Crippen LogP contribution in [-0.2, 0) is 28.2 Å². The maximum Gasteiger partial charge on any atom is 0.469 e. The highest BCUT2D eigenvalue weighted by Gasteiger charge is 2.22. The molecule has 164 valence electrons. The van der Waals surface area contributed by atoms with Crippen LogP contribution in [0.5, 0.6) is 0 Å². The van der Waals surface area contributed by atoms with Crippen LogP contribution in [-0.4, -0.2) is 41.0 Å². The van der Waals surface area contributed by atoms with Crippen LogP contribution in [0.4, 0.5) is 0 Å². The minimum Gasteiger partial charge on any atom is -0.462 e. The molecule has 0 bridgehead atoms. The summed E-state index contributed by atoms with van der Waals surface area (Å²) >= 11 is 0. The van der Waals surface area contributed by atoms with Crippen LogP contribution < -0.4 is 0 Å². The van der Waals surface area contributed by atoms with Gasteiger partial charge in [-0.05, 0) is 25.7 Å². The first-order valence-electron chi connectivity index (χ1n) is 9.92. The average molecular weight is 422 g/mol. The quantitative estimate of drug-likeness (QED) is 0.156. The van der Waals surface area contributed by atoms with E-state index >= 15 is 0 Å². The Morgan fingerprint density at radius 3 is 2.18 bits per heavy atom. The van der Waals surface area contributed by atoms with Crippen molar-refractivity contribution in [2.24, 2.45) is 0 Å². The Bertz CT molecular complexity index is 500. The lowest BCUT2D eigenvalue weighted by atomic mass is 10.1. The fraction of sp³-hybridized carbons (Fsp3) is 0.789. The molecule has 0 rings (SSSR count). The SMILES string of the molecule is CCCC/C=C\CCCCCCCC(=O)OC(COC(C)=O)COP(=O)(O)O. The molecular weight excluding hydrogens is 387 g/mol. The summed E-state index contributed by atoms with van der Waals surface area (Å²) in [7, 11) is -4.69. The molecule has 0 amide bonds. The summed E-state index contributed by atoms with van der Waals surface area (Å²) < 4.78 is 24.9. The van der Waals surface area contributed by atoms with Crippen LogP contribution in [0.25, 0.3) is 0 Å². The molecule has 9 heteroatoms. The van der Waals surface area contributed by atoms with Gasteiger partial charge >= 0.3 is 19.8 Å². The molecule has 0 saturated carbocycles. The normalized spacial score (nSPS) is 12.9. The Hall–Kier alpha value is -1.21. The monoisotopic (exact) mass is 422 g/mol. The van der Waals surface area contributed by atoms with E-state index in [0.717, 1.165) is 38.5 Å². The molecule has 1 unspecified atom stereocenters. The summed E-state index contributed by atoms with van der Waals surface area (Å²) in [4.78, 5) is 40.2. The number of phosphoric acid groups is 1. The van der Waals surface area contributed by atoms with Gasteiger partial charge in [-0.25, -0.2) is 4.57 Å². The second-order valence-electron chi connectivity index (χ2n) is 6.62. The van der Waals surface area contributed by atoms with Crippen molar-refractivity contribution < 1.29 is 37.9 Å². The molecule has 0 aromatic carbocycles. The van der Waals surface area contributed by atoms with Gasteiger partial charge in [-0.2, -0.15) is 0 Å². The second kappa shape index (κ2) is 16.7. The third-order valence-corrected chi connectivity index (χ3v) is 4.33. The molecular formula is C19H35O8P. The molecule has 0 radical (unpaired) electrons. The zero-order valence-corrected chi connectivity index (χ0v) is 17.9. The Labute approximate surface area is 167 Å². The molecule has 0 heterocycles. The molecule has 0 saturated heterocycles. The fourth-order valence-electron chi connectivity index (χ4n) is 2.37. The largest absolute Gasteiger partial charge is 0.469 e. The smallest absolute Gasteiger partial charge is 0.462 e. The van der Waals surface area contributed by atoms with Gasteiger partial charge in [-0.3, -0.25) is 14.1 Å². The third kappa shape index (κ3) is 19.5. The van der Waals surface area contributed by atoms with Crippen LogP contribution >= 0.6 is 7.82 Å². The first-order valence-corrected chi connectivity index (χ1v) is 11.5. The maximum atomic E-state index is 11.9. The van der Waals surface area contributed by atoms with Crippen molar-refractivity contribution in [2.45, 2.75) is 84.2 Å². The van der Waals surface area contributed by atoms with Crippen molar-refractivity contribution in [2.75, 3.05) is 13.2 Å². The molecule has 0 aromatic rings. The van der Waals surface area contributed by atoms with Gasteiger partial charge in [0.2, 0.25) is 0 Å². The van der Waals surface area contributed by atoms with Gasteiger partial charge in [0.15, 0.2) is 6.10 Å². The van der Waals surface area contributed by atoms with Crippen LogP contribution in [0.15, 0.2) is 12.2 Å². The lowest BCUT2D eigenvalue weighted by molar-refractivity contribution is -0.160. The van der Waals surface area contributed by atoms with E-state index in [1.54, 1.807) is 0 Å². The van der Waals surface area contributed by atoms with E-state index in [9.17, 15) is 14.2 Å². The second-order valence-corrected chi connectivity index (χ2v) is 7.86. The maximum absolute atomic E-state index is 11.9. The molecule has 0 aromatic heterocycles. The average Bonchev–Trinajstić information content (AvgIpc) is 2.61. The zero-order valence-electron chi connectivity index (χ0n) is 17.0. The summed E-state index contributed by atoms with van der Waals surface area (Å²) in [5, 5.41) is 0. The fourth-order valence-corrected chi connectivity index (χ4v) is 2.73. The third-order valence-electron chi connectivity index (χ3n) is 3.84. The number of phosphoric ester groups is 1. The van der Waals surface area contributed by atoms with Gasteiger partial charge in [0, 0.05) is 13.3 Å². The van der Waals surface area contributed by atoms with Gasteiger partial charge in [-0.15, -0.1) is 0 Å². The summed E-state index contributed by atoms with van der Waals surface area (Å²) in [6, 6.07) is 0. The van der Waals surface area contributed by atoms with E-state index in [-0.39, 0.29) is 13.0 Å².